The highest BCUT2D eigenvalue weighted by molar-refractivity contribution is 7.84. The number of benzene rings is 1. The van der Waals surface area contributed by atoms with Gasteiger partial charge in [0.25, 0.3) is 12.4 Å². The van der Waals surface area contributed by atoms with Crippen molar-refractivity contribution in [2.24, 2.45) is 5.16 Å². The predicted molar refractivity (Wildman–Crippen MR) is 179 cm³/mol. The van der Waals surface area contributed by atoms with Crippen LogP contribution in [0.4, 0.5) is 24.1 Å². The normalized spacial score (nSPS) is 17.1. The van der Waals surface area contributed by atoms with Crippen molar-refractivity contribution in [3.63, 3.8) is 0 Å². The number of Topliss-reactive ketones (excluding diaryl/α,β-unsaturated/α-hetero) is 1. The van der Waals surface area contributed by atoms with Gasteiger partial charge in [-0.1, -0.05) is 5.16 Å². The molecule has 2 aliphatic rings. The van der Waals surface area contributed by atoms with Gasteiger partial charge in [-0.15, -0.1) is 11.3 Å². The minimum absolute atomic E-state index is 0.0952. The Morgan fingerprint density at radius 1 is 1.25 bits per heavy atom. The number of nitrogens with two attached hydrogens (primary N) is 1. The third kappa shape index (κ3) is 12.7. The summed E-state index contributed by atoms with van der Waals surface area (Å²) < 4.78 is 68.3. The number of ether oxygens (including phenoxy) is 1. The zero-order valence-electron chi connectivity index (χ0n) is 27.2. The number of oxime groups is 1. The average Bonchev–Trinajstić information content (AvgIpc) is 3.46. The number of ketones is 1. The number of carbonyl (C=O) groups is 4. The molecule has 0 unspecified atom stereocenters. The van der Waals surface area contributed by atoms with Gasteiger partial charge in [-0.05, 0) is 43.6 Å². The Morgan fingerprint density at radius 3 is 2.37 bits per heavy atom. The first-order valence-corrected chi connectivity index (χ1v) is 16.7. The minimum Gasteiger partial charge on any atom is -0.490 e. The van der Waals surface area contributed by atoms with Crippen LogP contribution in [0.1, 0.15) is 19.5 Å². The quantitative estimate of drug-likeness (QED) is 0.0399. The van der Waals surface area contributed by atoms with Crippen molar-refractivity contribution in [3.8, 4) is 5.75 Å². The first-order valence-electron chi connectivity index (χ1n) is 14.5. The van der Waals surface area contributed by atoms with Crippen molar-refractivity contribution in [3.05, 3.63) is 41.5 Å². The van der Waals surface area contributed by atoms with E-state index in [-0.39, 0.29) is 25.4 Å². The van der Waals surface area contributed by atoms with Crippen LogP contribution in [-0.2, 0) is 34.3 Å². The van der Waals surface area contributed by atoms with Crippen LogP contribution in [0, 0.1) is 0 Å². The molecule has 0 radical (unpaired) electrons. The number of amides is 1. The number of carboxylic acid groups (broad SMARTS) is 1. The summed E-state index contributed by atoms with van der Waals surface area (Å²) in [5.74, 6) is -0.780. The monoisotopic (exact) mass is 764 g/mol. The highest BCUT2D eigenvalue weighted by Crippen LogP contribution is 2.26. The maximum atomic E-state index is 11.1. The maximum absolute atomic E-state index is 11.1. The fraction of sp³-hybridized carbons (Fsp3) is 0.393. The Labute approximate surface area is 293 Å². The van der Waals surface area contributed by atoms with E-state index in [9.17, 15) is 36.0 Å². The maximum Gasteiger partial charge on any atom is 0.449 e. The van der Waals surface area contributed by atoms with Gasteiger partial charge in [0.05, 0.1) is 12.1 Å². The molecule has 280 valence electrons. The van der Waals surface area contributed by atoms with Crippen LogP contribution in [0.5, 0.6) is 5.75 Å². The number of thiazole rings is 1. The van der Waals surface area contributed by atoms with Crippen molar-refractivity contribution in [1.82, 2.24) is 24.9 Å². The summed E-state index contributed by atoms with van der Waals surface area (Å²) in [5, 5.41) is 24.1. The van der Waals surface area contributed by atoms with Gasteiger partial charge < -0.3 is 36.4 Å². The number of carbonyl (C=O) groups excluding carboxylic acids is 3. The second kappa shape index (κ2) is 19.4. The molecular formula is C28H35F3N8O10S2. The number of pyridine rings is 1. The van der Waals surface area contributed by atoms with E-state index in [2.05, 4.69) is 31.1 Å². The molecule has 2 fully saturated rings. The number of nitrogens with zero attached hydrogens (tertiary/aromatic N) is 4. The van der Waals surface area contributed by atoms with Gasteiger partial charge in [-0.3, -0.25) is 23.7 Å². The number of alkyl halides is 3. The lowest BCUT2D eigenvalue weighted by atomic mass is 10.0. The van der Waals surface area contributed by atoms with Crippen LogP contribution in [0.25, 0.3) is 10.8 Å². The fourth-order valence-electron chi connectivity index (χ4n) is 4.08. The predicted octanol–water partition coefficient (Wildman–Crippen LogP) is 1.10. The SMILES string of the molecule is CC(=O)C(F)(F)F.CN[C@@H]1C(=O)N(S(=O)(=O)O)[C@H]1C.Nc1nc(/C(C=O)=N/OCCOc2ccc3c(NC4CNC4)nccc3c2)cs1.O=CO. The third-order valence-electron chi connectivity index (χ3n) is 6.65. The van der Waals surface area contributed by atoms with Crippen LogP contribution in [-0.4, -0.2) is 120 Å². The van der Waals surface area contributed by atoms with Gasteiger partial charge >= 0.3 is 16.5 Å². The number of rotatable bonds is 11. The van der Waals surface area contributed by atoms with Crippen LogP contribution in [0.15, 0.2) is 41.0 Å². The molecule has 1 amide bonds. The van der Waals surface area contributed by atoms with Crippen molar-refractivity contribution in [1.29, 1.82) is 0 Å². The van der Waals surface area contributed by atoms with Gasteiger partial charge in [0.2, 0.25) is 5.78 Å². The van der Waals surface area contributed by atoms with E-state index in [1.807, 2.05) is 24.3 Å². The van der Waals surface area contributed by atoms with Gasteiger partial charge in [0.15, 0.2) is 23.7 Å². The second-order valence-electron chi connectivity index (χ2n) is 10.2. The van der Waals surface area contributed by atoms with E-state index in [0.717, 1.165) is 35.4 Å². The number of fused-ring (bicyclic) bond motifs is 1. The van der Waals surface area contributed by atoms with Crippen molar-refractivity contribution in [2.75, 3.05) is 44.4 Å². The molecule has 2 aliphatic heterocycles. The van der Waals surface area contributed by atoms with E-state index < -0.39 is 40.3 Å². The highest BCUT2D eigenvalue weighted by atomic mass is 32.2. The van der Waals surface area contributed by atoms with Crippen LogP contribution >= 0.6 is 11.3 Å². The molecule has 0 spiro atoms. The molecule has 2 aromatic heterocycles. The zero-order chi connectivity index (χ0) is 38.4. The number of anilines is 2. The number of aldehydes is 1. The van der Waals surface area contributed by atoms with Gasteiger partial charge in [0, 0.05) is 37.0 Å². The first-order chi connectivity index (χ1) is 24.0. The van der Waals surface area contributed by atoms with Crippen LogP contribution in [0.3, 0.4) is 0 Å². The zero-order valence-corrected chi connectivity index (χ0v) is 28.8. The molecule has 2 atom stereocenters. The Balaban J connectivity index is 0.000000336. The van der Waals surface area contributed by atoms with Gasteiger partial charge in [0.1, 0.15) is 29.9 Å². The van der Waals surface area contributed by atoms with Crippen LogP contribution in [0.2, 0.25) is 0 Å². The molecule has 0 saturated carbocycles. The summed E-state index contributed by atoms with van der Waals surface area (Å²) in [4.78, 5) is 53.4. The van der Waals surface area contributed by atoms with E-state index >= 15 is 0 Å². The number of β-lactam (4-membered cyclic amide) rings is 1. The van der Waals surface area contributed by atoms with Crippen molar-refractivity contribution >= 4 is 73.5 Å². The smallest absolute Gasteiger partial charge is 0.449 e. The van der Waals surface area contributed by atoms with Crippen LogP contribution < -0.4 is 26.4 Å². The Morgan fingerprint density at radius 2 is 1.90 bits per heavy atom. The van der Waals surface area contributed by atoms with Crippen molar-refractivity contribution < 1.29 is 60.0 Å². The average molecular weight is 765 g/mol. The molecule has 51 heavy (non-hydrogen) atoms. The number of halogens is 3. The Bertz CT molecular complexity index is 1790. The number of likely N-dealkylation sites (N-methyl/N-ethyl adjacent to an activating group) is 1. The lowest BCUT2D eigenvalue weighted by Crippen LogP contribution is -2.69. The summed E-state index contributed by atoms with van der Waals surface area (Å²) in [6, 6.07) is 7.18. The highest BCUT2D eigenvalue weighted by Gasteiger charge is 2.49. The number of nitrogens with one attached hydrogen (secondary N) is 3. The number of hydrogen-bond acceptors (Lipinski definition) is 16. The number of nitrogen functional groups attached to an aromatic ring is 1. The summed E-state index contributed by atoms with van der Waals surface area (Å²) >= 11 is 1.23. The lowest BCUT2D eigenvalue weighted by Gasteiger charge is -2.41. The second-order valence-corrected chi connectivity index (χ2v) is 12.3. The first kappa shape index (κ1) is 42.2. The molecular weight excluding hydrogens is 729 g/mol. The molecule has 7 N–H and O–H groups in total. The van der Waals surface area contributed by atoms with Gasteiger partial charge in [-0.25, -0.2) is 14.3 Å². The molecule has 5 rings (SSSR count). The molecule has 2 saturated heterocycles. The lowest BCUT2D eigenvalue weighted by molar-refractivity contribution is -0.168. The molecule has 1 aromatic carbocycles. The summed E-state index contributed by atoms with van der Waals surface area (Å²) in [6.45, 7) is 4.14. The third-order valence-corrected chi connectivity index (χ3v) is 8.34. The number of hydrogen-bond donors (Lipinski definition) is 6. The molecule has 23 heteroatoms. The summed E-state index contributed by atoms with van der Waals surface area (Å²) in [6.07, 6.45) is -2.28. The fourth-order valence-corrected chi connectivity index (χ4v) is 5.52. The topological polar surface area (TPSA) is 265 Å². The van der Waals surface area contributed by atoms with Gasteiger partial charge in [-0.2, -0.15) is 21.6 Å². The standard InChI is InChI=1S/C19H20N6O3S.C5H10N2O4S.C3H3F3O.CH2O2/c20-19-24-17(11-29-19)16(10-26)25-28-6-5-27-14-1-2-15-12(7-14)3-4-22-18(15)23-13-8-21-9-13;1-3-4(6-2)5(8)7(3)12(9,10)11;1-2(7)3(4,5)6;2-1-3/h1-4,7,10-11,13,21H,5-6,8-9H2,(H2,20,24)(H,22,23);3-4,6H,1-2H3,(H,9,10,11);1H3;1H,(H,2,3)/b25-16+;;;/t;3-,4-;;/m.0../s1. The summed E-state index contributed by atoms with van der Waals surface area (Å²) in [5.41, 5.74) is 6.05. The Hall–Kier alpha value is -4.97. The Kier molecular flexibility index (Phi) is 16.1. The van der Waals surface area contributed by atoms with E-state index in [1.54, 1.807) is 18.6 Å². The molecule has 3 aromatic rings. The molecule has 4 heterocycles. The van der Waals surface area contributed by atoms with Crippen molar-refractivity contribution in [2.45, 2.75) is 38.1 Å². The molecule has 0 bridgehead atoms. The molecule has 18 nitrogen and oxygen atoms in total. The van der Waals surface area contributed by atoms with E-state index in [1.165, 1.54) is 18.3 Å². The minimum atomic E-state index is -4.64. The van der Waals surface area contributed by atoms with E-state index in [0.29, 0.717) is 34.4 Å². The number of aromatic nitrogens is 2. The largest absolute Gasteiger partial charge is 0.490 e. The molecule has 0 aliphatic carbocycles. The summed E-state index contributed by atoms with van der Waals surface area (Å²) in [7, 11) is -2.81. The van der Waals surface area contributed by atoms with E-state index in [4.69, 9.17) is 29.8 Å².